The first-order valence-electron chi connectivity index (χ1n) is 11.4. The summed E-state index contributed by atoms with van der Waals surface area (Å²) < 4.78 is 4.56. The predicted octanol–water partition coefficient (Wildman–Crippen LogP) is 11.5. The zero-order valence-electron chi connectivity index (χ0n) is 22.5. The average molecular weight is 926 g/mol. The van der Waals surface area contributed by atoms with Gasteiger partial charge in [-0.3, -0.25) is 0 Å². The third-order valence-electron chi connectivity index (χ3n) is 4.92. The van der Waals surface area contributed by atoms with Crippen molar-refractivity contribution in [2.75, 3.05) is 0 Å². The van der Waals surface area contributed by atoms with Gasteiger partial charge in [-0.1, -0.05) is 73.3 Å². The third-order valence-corrected chi connectivity index (χ3v) is 8.21. The molecule has 37 heavy (non-hydrogen) atoms. The molecular weight excluding hydrogens is 894 g/mol. The molecule has 0 atom stereocenters. The van der Waals surface area contributed by atoms with Gasteiger partial charge in [-0.05, 0) is 0 Å². The molecule has 0 aliphatic carbocycles. The number of halogens is 4. The fourth-order valence-electron chi connectivity index (χ4n) is 2.56. The standard InChI is InChI=1S/4C8H8Br.Os/c4*1-6-3-4-7(2)8(9)5-6;/h4*3,5H,1-2H3;/q4*-1;+4. The van der Waals surface area contributed by atoms with Gasteiger partial charge in [-0.25, -0.2) is 0 Å². The average Bonchev–Trinajstić information content (AvgIpc) is 2.81. The second-order valence-electron chi connectivity index (χ2n) is 8.60. The quantitative estimate of drug-likeness (QED) is 0.154. The first-order valence-corrected chi connectivity index (χ1v) is 14.5. The summed E-state index contributed by atoms with van der Waals surface area (Å²) in [6.07, 6.45) is 0. The fraction of sp³-hybridized carbons (Fsp3) is 0.250. The van der Waals surface area contributed by atoms with E-state index in [1.165, 1.54) is 44.5 Å². The Hall–Kier alpha value is -0.564. The minimum atomic E-state index is 0. The van der Waals surface area contributed by atoms with E-state index in [0.717, 1.165) is 17.9 Å². The van der Waals surface area contributed by atoms with Crippen LogP contribution in [0.4, 0.5) is 0 Å². The summed E-state index contributed by atoms with van der Waals surface area (Å²) in [6.45, 7) is 16.4. The smallest absolute Gasteiger partial charge is 0.179 e. The molecule has 0 aliphatic heterocycles. The van der Waals surface area contributed by atoms with Crippen LogP contribution >= 0.6 is 63.7 Å². The monoisotopic (exact) mass is 924 g/mol. The van der Waals surface area contributed by atoms with Crippen LogP contribution in [0.1, 0.15) is 44.5 Å². The van der Waals surface area contributed by atoms with Crippen molar-refractivity contribution in [1.82, 2.24) is 0 Å². The summed E-state index contributed by atoms with van der Waals surface area (Å²) in [5, 5.41) is 0. The normalized spacial score (nSPS) is 9.41. The maximum absolute atomic E-state index is 3.41. The van der Waals surface area contributed by atoms with Gasteiger partial charge in [0.15, 0.2) is 0 Å². The van der Waals surface area contributed by atoms with Gasteiger partial charge in [0.2, 0.25) is 0 Å². The van der Waals surface area contributed by atoms with Gasteiger partial charge in [-0.15, -0.1) is 63.7 Å². The van der Waals surface area contributed by atoms with Gasteiger partial charge in [-0.2, -0.15) is 117 Å². The summed E-state index contributed by atoms with van der Waals surface area (Å²) in [7, 11) is 0. The van der Waals surface area contributed by atoms with Crippen LogP contribution in [0.25, 0.3) is 0 Å². The zero-order chi connectivity index (χ0) is 27.4. The molecule has 0 fully saturated rings. The van der Waals surface area contributed by atoms with Crippen molar-refractivity contribution in [3.8, 4) is 0 Å². The van der Waals surface area contributed by atoms with E-state index in [4.69, 9.17) is 0 Å². The predicted molar refractivity (Wildman–Crippen MR) is 170 cm³/mol. The Morgan fingerprint density at radius 1 is 0.378 bits per heavy atom. The van der Waals surface area contributed by atoms with Gasteiger partial charge in [0.1, 0.15) is 0 Å². The first kappa shape index (κ1) is 36.4. The summed E-state index contributed by atoms with van der Waals surface area (Å²) in [5.74, 6) is 0. The molecule has 4 aromatic carbocycles. The SMILES string of the molecule is Cc1c[c-]c(C)c(Br)c1.Cc1c[c-]c(C)c(Br)c1.Cc1c[c-]c(C)c(Br)c1.Cc1c[c-]c(C)c(Br)c1.[Os+4]. The molecule has 0 saturated carbocycles. The summed E-state index contributed by atoms with van der Waals surface area (Å²) in [5.41, 5.74) is 9.64. The molecule has 4 aromatic rings. The van der Waals surface area contributed by atoms with Crippen LogP contribution in [0.2, 0.25) is 0 Å². The van der Waals surface area contributed by atoms with E-state index >= 15 is 0 Å². The molecule has 0 amide bonds. The van der Waals surface area contributed by atoms with Crippen LogP contribution in [0.3, 0.4) is 0 Å². The van der Waals surface area contributed by atoms with E-state index in [0.29, 0.717) is 0 Å². The van der Waals surface area contributed by atoms with E-state index in [1.807, 2.05) is 52.0 Å². The minimum absolute atomic E-state index is 0. The first-order chi connectivity index (χ1) is 16.8. The Balaban J connectivity index is 0.000000463. The molecule has 0 radical (unpaired) electrons. The van der Waals surface area contributed by atoms with Crippen LogP contribution in [-0.4, -0.2) is 0 Å². The minimum Gasteiger partial charge on any atom is -0.179 e. The number of aryl methyl sites for hydroxylation is 8. The van der Waals surface area contributed by atoms with E-state index in [1.54, 1.807) is 0 Å². The van der Waals surface area contributed by atoms with Crippen molar-refractivity contribution < 1.29 is 19.8 Å². The molecular formula is C32H32Br4Os. The van der Waals surface area contributed by atoms with Crippen molar-refractivity contribution in [3.05, 3.63) is 135 Å². The van der Waals surface area contributed by atoms with Crippen LogP contribution in [0.15, 0.2) is 66.4 Å². The van der Waals surface area contributed by atoms with Crippen molar-refractivity contribution in [2.24, 2.45) is 0 Å². The van der Waals surface area contributed by atoms with Gasteiger partial charge >= 0.3 is 19.8 Å². The molecule has 0 saturated heterocycles. The molecule has 0 N–H and O–H groups in total. The Morgan fingerprint density at radius 2 is 0.541 bits per heavy atom. The van der Waals surface area contributed by atoms with E-state index in [2.05, 4.69) is 140 Å². The van der Waals surface area contributed by atoms with Crippen molar-refractivity contribution in [2.45, 2.75) is 55.4 Å². The van der Waals surface area contributed by atoms with Crippen LogP contribution < -0.4 is 0 Å². The number of rotatable bonds is 0. The van der Waals surface area contributed by atoms with Crippen molar-refractivity contribution in [3.63, 3.8) is 0 Å². The summed E-state index contributed by atoms with van der Waals surface area (Å²) in [4.78, 5) is 0. The van der Waals surface area contributed by atoms with Crippen molar-refractivity contribution >= 4 is 63.7 Å². The second kappa shape index (κ2) is 18.7. The number of hydrogen-bond donors (Lipinski definition) is 0. The van der Waals surface area contributed by atoms with Crippen LogP contribution in [0.5, 0.6) is 0 Å². The molecule has 196 valence electrons. The number of benzene rings is 4. The van der Waals surface area contributed by atoms with E-state index in [-0.39, 0.29) is 19.8 Å². The fourth-order valence-corrected chi connectivity index (χ4v) is 4.47. The molecule has 4 rings (SSSR count). The Bertz CT molecular complexity index is 1070. The van der Waals surface area contributed by atoms with Gasteiger partial charge < -0.3 is 0 Å². The Morgan fingerprint density at radius 3 is 0.649 bits per heavy atom. The van der Waals surface area contributed by atoms with E-state index < -0.39 is 0 Å². The molecule has 5 heteroatoms. The summed E-state index contributed by atoms with van der Waals surface area (Å²) in [6, 6.07) is 28.8. The van der Waals surface area contributed by atoms with Gasteiger partial charge in [0.05, 0.1) is 0 Å². The molecule has 0 spiro atoms. The maximum atomic E-state index is 3.41. The van der Waals surface area contributed by atoms with Crippen molar-refractivity contribution in [1.29, 1.82) is 0 Å². The molecule has 0 unspecified atom stereocenters. The maximum Gasteiger partial charge on any atom is 4.00 e. The molecule has 0 nitrogen and oxygen atoms in total. The molecule has 0 aromatic heterocycles. The third kappa shape index (κ3) is 15.0. The largest absolute Gasteiger partial charge is 4.00 e. The number of hydrogen-bond acceptors (Lipinski definition) is 0. The molecule has 0 heterocycles. The van der Waals surface area contributed by atoms with Crippen LogP contribution in [0, 0.1) is 79.7 Å². The van der Waals surface area contributed by atoms with Gasteiger partial charge in [0.25, 0.3) is 0 Å². The molecule has 0 bridgehead atoms. The topological polar surface area (TPSA) is 0 Å². The second-order valence-corrected chi connectivity index (χ2v) is 12.0. The van der Waals surface area contributed by atoms with Crippen LogP contribution in [-0.2, 0) is 19.8 Å². The Kier molecular flexibility index (Phi) is 18.4. The Labute approximate surface area is 271 Å². The van der Waals surface area contributed by atoms with E-state index in [9.17, 15) is 0 Å². The zero-order valence-corrected chi connectivity index (χ0v) is 31.4. The molecule has 0 aliphatic rings. The van der Waals surface area contributed by atoms with Gasteiger partial charge in [0, 0.05) is 0 Å². The summed E-state index contributed by atoms with van der Waals surface area (Å²) >= 11 is 13.7.